The first-order valence-corrected chi connectivity index (χ1v) is 4.46. The third kappa shape index (κ3) is 3.35. The quantitative estimate of drug-likeness (QED) is 0.692. The molecular weight excluding hydrogens is 186 g/mol. The van der Waals surface area contributed by atoms with Gasteiger partial charge in [0.25, 0.3) is 0 Å². The summed E-state index contributed by atoms with van der Waals surface area (Å²) in [6.07, 6.45) is 1.26. The van der Waals surface area contributed by atoms with E-state index in [1.807, 2.05) is 18.2 Å². The highest BCUT2D eigenvalue weighted by molar-refractivity contribution is 6.32. The lowest BCUT2D eigenvalue weighted by Crippen LogP contribution is -1.96. The van der Waals surface area contributed by atoms with Crippen LogP contribution in [0.15, 0.2) is 24.3 Å². The van der Waals surface area contributed by atoms with Crippen LogP contribution in [-0.2, 0) is 0 Å². The molecule has 0 aliphatic heterocycles. The number of nitriles is 1. The average molecular weight is 196 g/mol. The van der Waals surface area contributed by atoms with Crippen LogP contribution in [0.2, 0.25) is 5.02 Å². The van der Waals surface area contributed by atoms with Gasteiger partial charge in [0.05, 0.1) is 17.7 Å². The summed E-state index contributed by atoms with van der Waals surface area (Å²) < 4.78 is 5.36. The Morgan fingerprint density at radius 1 is 1.38 bits per heavy atom. The number of hydrogen-bond donors (Lipinski definition) is 0. The molecule has 68 valence electrons. The van der Waals surface area contributed by atoms with Crippen molar-refractivity contribution < 1.29 is 4.74 Å². The van der Waals surface area contributed by atoms with Crippen LogP contribution in [0.1, 0.15) is 12.8 Å². The van der Waals surface area contributed by atoms with Gasteiger partial charge in [-0.1, -0.05) is 23.7 Å². The summed E-state index contributed by atoms with van der Waals surface area (Å²) in [7, 11) is 0. The van der Waals surface area contributed by atoms with Crippen molar-refractivity contribution >= 4 is 11.6 Å². The molecule has 0 aliphatic rings. The van der Waals surface area contributed by atoms with E-state index in [1.165, 1.54) is 0 Å². The summed E-state index contributed by atoms with van der Waals surface area (Å²) in [4.78, 5) is 0. The van der Waals surface area contributed by atoms with Gasteiger partial charge in [-0.25, -0.2) is 0 Å². The number of nitrogens with zero attached hydrogens (tertiary/aromatic N) is 1. The first-order valence-electron chi connectivity index (χ1n) is 4.09. The molecule has 0 saturated heterocycles. The zero-order valence-electron chi connectivity index (χ0n) is 7.16. The van der Waals surface area contributed by atoms with Crippen molar-refractivity contribution in [3.8, 4) is 11.8 Å². The molecule has 3 heteroatoms. The maximum Gasteiger partial charge on any atom is 0.137 e. The van der Waals surface area contributed by atoms with Crippen LogP contribution in [0.5, 0.6) is 5.75 Å². The van der Waals surface area contributed by atoms with E-state index >= 15 is 0 Å². The molecule has 0 amide bonds. The highest BCUT2D eigenvalue weighted by Crippen LogP contribution is 2.23. The molecule has 0 unspecified atom stereocenters. The fraction of sp³-hybridized carbons (Fsp3) is 0.300. The van der Waals surface area contributed by atoms with Gasteiger partial charge in [-0.15, -0.1) is 0 Å². The maximum absolute atomic E-state index is 8.29. The Morgan fingerprint density at radius 3 is 2.85 bits per heavy atom. The molecule has 1 aromatic carbocycles. The summed E-state index contributed by atoms with van der Waals surface area (Å²) in [6.45, 7) is 0.539. The topological polar surface area (TPSA) is 33.0 Å². The Kier molecular flexibility index (Phi) is 4.14. The molecule has 0 radical (unpaired) electrons. The van der Waals surface area contributed by atoms with Crippen molar-refractivity contribution in [2.75, 3.05) is 6.61 Å². The third-order valence-electron chi connectivity index (χ3n) is 1.53. The van der Waals surface area contributed by atoms with Crippen molar-refractivity contribution in [3.63, 3.8) is 0 Å². The van der Waals surface area contributed by atoms with Gasteiger partial charge in [0.1, 0.15) is 5.75 Å². The van der Waals surface area contributed by atoms with Crippen LogP contribution in [0.4, 0.5) is 0 Å². The fourth-order valence-electron chi connectivity index (χ4n) is 0.895. The van der Waals surface area contributed by atoms with Crippen molar-refractivity contribution in [1.82, 2.24) is 0 Å². The molecular formula is C10H10ClNO. The van der Waals surface area contributed by atoms with E-state index in [9.17, 15) is 0 Å². The van der Waals surface area contributed by atoms with E-state index in [1.54, 1.807) is 6.07 Å². The van der Waals surface area contributed by atoms with Gasteiger partial charge in [-0.3, -0.25) is 0 Å². The molecule has 0 N–H and O–H groups in total. The number of para-hydroxylation sites is 1. The van der Waals surface area contributed by atoms with Crippen LogP contribution in [0.25, 0.3) is 0 Å². The van der Waals surface area contributed by atoms with Gasteiger partial charge in [-0.05, 0) is 18.6 Å². The molecule has 13 heavy (non-hydrogen) atoms. The molecule has 0 fully saturated rings. The average Bonchev–Trinajstić information content (AvgIpc) is 2.15. The summed E-state index contributed by atoms with van der Waals surface area (Å²) >= 11 is 5.85. The van der Waals surface area contributed by atoms with Gasteiger partial charge in [0, 0.05) is 6.42 Å². The van der Waals surface area contributed by atoms with Crippen LogP contribution in [0.3, 0.4) is 0 Å². The molecule has 0 aliphatic carbocycles. The molecule has 0 atom stereocenters. The maximum atomic E-state index is 8.29. The van der Waals surface area contributed by atoms with Crippen LogP contribution < -0.4 is 4.74 Å². The van der Waals surface area contributed by atoms with E-state index in [0.29, 0.717) is 23.8 Å². The number of hydrogen-bond acceptors (Lipinski definition) is 2. The predicted molar refractivity (Wildman–Crippen MR) is 51.8 cm³/mol. The Bertz CT molecular complexity index is 306. The fourth-order valence-corrected chi connectivity index (χ4v) is 1.09. The monoisotopic (exact) mass is 195 g/mol. The zero-order valence-corrected chi connectivity index (χ0v) is 7.92. The second kappa shape index (κ2) is 5.45. The van der Waals surface area contributed by atoms with E-state index in [0.717, 1.165) is 6.42 Å². The highest BCUT2D eigenvalue weighted by Gasteiger charge is 1.97. The SMILES string of the molecule is N#CCCCOc1ccccc1Cl. The lowest BCUT2D eigenvalue weighted by Gasteiger charge is -2.05. The molecule has 0 saturated carbocycles. The molecule has 0 bridgehead atoms. The van der Waals surface area contributed by atoms with E-state index in [2.05, 4.69) is 6.07 Å². The Balaban J connectivity index is 2.37. The van der Waals surface area contributed by atoms with Crippen LogP contribution in [-0.4, -0.2) is 6.61 Å². The van der Waals surface area contributed by atoms with Crippen molar-refractivity contribution in [1.29, 1.82) is 5.26 Å². The van der Waals surface area contributed by atoms with Crippen molar-refractivity contribution in [2.24, 2.45) is 0 Å². The number of unbranched alkanes of at least 4 members (excludes halogenated alkanes) is 1. The van der Waals surface area contributed by atoms with Gasteiger partial charge in [0.15, 0.2) is 0 Å². The normalized spacial score (nSPS) is 9.23. The summed E-state index contributed by atoms with van der Waals surface area (Å²) in [5, 5.41) is 8.90. The first-order chi connectivity index (χ1) is 6.34. The minimum atomic E-state index is 0.518. The van der Waals surface area contributed by atoms with Gasteiger partial charge in [0.2, 0.25) is 0 Å². The first kappa shape index (κ1) is 9.88. The number of ether oxygens (including phenoxy) is 1. The molecule has 0 spiro atoms. The van der Waals surface area contributed by atoms with E-state index in [4.69, 9.17) is 21.6 Å². The zero-order chi connectivity index (χ0) is 9.52. The second-order valence-corrected chi connectivity index (χ2v) is 2.95. The van der Waals surface area contributed by atoms with E-state index < -0.39 is 0 Å². The molecule has 0 heterocycles. The third-order valence-corrected chi connectivity index (χ3v) is 1.84. The minimum Gasteiger partial charge on any atom is -0.492 e. The number of benzene rings is 1. The Hall–Kier alpha value is -1.20. The van der Waals surface area contributed by atoms with Gasteiger partial charge < -0.3 is 4.74 Å². The Labute approximate surface area is 82.7 Å². The summed E-state index contributed by atoms with van der Waals surface area (Å²) in [5.41, 5.74) is 0. The Morgan fingerprint density at radius 2 is 2.15 bits per heavy atom. The van der Waals surface area contributed by atoms with E-state index in [-0.39, 0.29) is 0 Å². The second-order valence-electron chi connectivity index (χ2n) is 2.54. The molecule has 2 nitrogen and oxygen atoms in total. The van der Waals surface area contributed by atoms with Crippen LogP contribution in [0, 0.1) is 11.3 Å². The van der Waals surface area contributed by atoms with Gasteiger partial charge in [-0.2, -0.15) is 5.26 Å². The largest absolute Gasteiger partial charge is 0.492 e. The smallest absolute Gasteiger partial charge is 0.137 e. The van der Waals surface area contributed by atoms with Crippen molar-refractivity contribution in [2.45, 2.75) is 12.8 Å². The molecule has 1 rings (SSSR count). The van der Waals surface area contributed by atoms with Gasteiger partial charge >= 0.3 is 0 Å². The van der Waals surface area contributed by atoms with Crippen LogP contribution >= 0.6 is 11.6 Å². The number of rotatable bonds is 4. The molecule has 1 aromatic rings. The minimum absolute atomic E-state index is 0.518. The number of halogens is 1. The van der Waals surface area contributed by atoms with Crippen molar-refractivity contribution in [3.05, 3.63) is 29.3 Å². The standard InChI is InChI=1S/C10H10ClNO/c11-9-5-1-2-6-10(9)13-8-4-3-7-12/h1-2,5-6H,3-4,8H2. The lowest BCUT2D eigenvalue weighted by atomic mass is 10.3. The predicted octanol–water partition coefficient (Wildman–Crippen LogP) is 3.02. The highest BCUT2D eigenvalue weighted by atomic mass is 35.5. The summed E-state index contributed by atoms with van der Waals surface area (Å²) in [6, 6.07) is 9.37. The lowest BCUT2D eigenvalue weighted by molar-refractivity contribution is 0.313. The summed E-state index contributed by atoms with van der Waals surface area (Å²) in [5.74, 6) is 0.683. The molecule has 0 aromatic heterocycles.